The molecule has 0 atom stereocenters. The van der Waals surface area contributed by atoms with E-state index < -0.39 is 0 Å². The summed E-state index contributed by atoms with van der Waals surface area (Å²) < 4.78 is 11.5. The van der Waals surface area contributed by atoms with Crippen LogP contribution >= 0.6 is 0 Å². The molecule has 6 heteroatoms. The maximum Gasteiger partial charge on any atom is 0.278 e. The van der Waals surface area contributed by atoms with Gasteiger partial charge in [0.25, 0.3) is 11.8 Å². The van der Waals surface area contributed by atoms with E-state index in [2.05, 4.69) is 19.2 Å². The summed E-state index contributed by atoms with van der Waals surface area (Å²) in [7, 11) is 0. The van der Waals surface area contributed by atoms with Crippen molar-refractivity contribution in [1.82, 2.24) is 4.90 Å². The standard InChI is InChI=1S/C26H32N2O4/c1-6-31-22-10-8-7-9-21(22)27-24-23(25(29)28(26(24)30)15-17(2)3)19-11-13-20(14-12-19)32-16-18(4)5/h7-14,17-18,27H,6,15-16H2,1-5H3. The molecule has 2 aromatic carbocycles. The highest BCUT2D eigenvalue weighted by Gasteiger charge is 2.39. The molecule has 1 aliphatic heterocycles. The van der Waals surface area contributed by atoms with Gasteiger partial charge in [-0.05, 0) is 48.6 Å². The van der Waals surface area contributed by atoms with Crippen LogP contribution in [0.4, 0.5) is 5.69 Å². The molecule has 1 aliphatic rings. The Morgan fingerprint density at radius 1 is 0.875 bits per heavy atom. The van der Waals surface area contributed by atoms with Crippen LogP contribution in [0.2, 0.25) is 0 Å². The van der Waals surface area contributed by atoms with Crippen molar-refractivity contribution in [2.24, 2.45) is 11.8 Å². The van der Waals surface area contributed by atoms with Gasteiger partial charge in [0, 0.05) is 6.54 Å². The molecule has 0 spiro atoms. The van der Waals surface area contributed by atoms with E-state index in [4.69, 9.17) is 9.47 Å². The molecule has 2 aromatic rings. The first-order valence-corrected chi connectivity index (χ1v) is 11.1. The van der Waals surface area contributed by atoms with Gasteiger partial charge in [0.2, 0.25) is 0 Å². The van der Waals surface area contributed by atoms with Gasteiger partial charge in [-0.25, -0.2) is 0 Å². The molecule has 0 aliphatic carbocycles. The van der Waals surface area contributed by atoms with Gasteiger partial charge in [-0.2, -0.15) is 0 Å². The Balaban J connectivity index is 1.99. The molecule has 32 heavy (non-hydrogen) atoms. The number of carbonyl (C=O) groups is 2. The molecule has 0 aromatic heterocycles. The first-order chi connectivity index (χ1) is 15.3. The summed E-state index contributed by atoms with van der Waals surface area (Å²) in [6.07, 6.45) is 0. The molecule has 170 valence electrons. The van der Waals surface area contributed by atoms with Gasteiger partial charge < -0.3 is 14.8 Å². The molecule has 0 radical (unpaired) electrons. The quantitative estimate of drug-likeness (QED) is 0.533. The zero-order valence-corrected chi connectivity index (χ0v) is 19.5. The minimum absolute atomic E-state index is 0.158. The average Bonchev–Trinajstić information content (AvgIpc) is 2.98. The predicted molar refractivity (Wildman–Crippen MR) is 126 cm³/mol. The number of nitrogens with one attached hydrogen (secondary N) is 1. The summed E-state index contributed by atoms with van der Waals surface area (Å²) in [6, 6.07) is 14.7. The number of nitrogens with zero attached hydrogens (tertiary/aromatic N) is 1. The Hall–Kier alpha value is -3.28. The second-order valence-corrected chi connectivity index (χ2v) is 8.65. The predicted octanol–water partition coefficient (Wildman–Crippen LogP) is 4.97. The van der Waals surface area contributed by atoms with Gasteiger partial charge in [0.1, 0.15) is 17.2 Å². The van der Waals surface area contributed by atoms with Crippen LogP contribution in [0, 0.1) is 11.8 Å². The molecule has 1 heterocycles. The molecule has 6 nitrogen and oxygen atoms in total. The van der Waals surface area contributed by atoms with E-state index >= 15 is 0 Å². The number of imide groups is 1. The Morgan fingerprint density at radius 2 is 1.56 bits per heavy atom. The van der Waals surface area contributed by atoms with Crippen molar-refractivity contribution in [3.63, 3.8) is 0 Å². The lowest BCUT2D eigenvalue weighted by atomic mass is 10.0. The minimum atomic E-state index is -0.329. The third-order valence-electron chi connectivity index (χ3n) is 4.89. The Labute approximate surface area is 190 Å². The van der Waals surface area contributed by atoms with E-state index in [0.29, 0.717) is 48.2 Å². The maximum atomic E-state index is 13.3. The van der Waals surface area contributed by atoms with Crippen molar-refractivity contribution >= 4 is 23.1 Å². The van der Waals surface area contributed by atoms with Crippen LogP contribution in [-0.2, 0) is 9.59 Å². The first kappa shape index (κ1) is 23.4. The number of hydrogen-bond acceptors (Lipinski definition) is 5. The van der Waals surface area contributed by atoms with Crippen molar-refractivity contribution in [3.8, 4) is 11.5 Å². The number of carbonyl (C=O) groups excluding carboxylic acids is 2. The molecule has 0 unspecified atom stereocenters. The number of benzene rings is 2. The van der Waals surface area contributed by atoms with Gasteiger partial charge in [-0.1, -0.05) is 52.0 Å². The summed E-state index contributed by atoms with van der Waals surface area (Å²) in [5.74, 6) is 1.31. The van der Waals surface area contributed by atoms with E-state index in [1.165, 1.54) is 4.90 Å². The topological polar surface area (TPSA) is 67.9 Å². The number of amides is 2. The van der Waals surface area contributed by atoms with Crippen molar-refractivity contribution in [2.75, 3.05) is 25.1 Å². The van der Waals surface area contributed by atoms with Crippen molar-refractivity contribution in [3.05, 3.63) is 59.8 Å². The Kier molecular flexibility index (Phi) is 7.57. The number of hydrogen-bond donors (Lipinski definition) is 1. The number of rotatable bonds is 10. The van der Waals surface area contributed by atoms with E-state index in [0.717, 1.165) is 5.75 Å². The fourth-order valence-corrected chi connectivity index (χ4v) is 3.46. The fraction of sp³-hybridized carbons (Fsp3) is 0.385. The van der Waals surface area contributed by atoms with E-state index in [-0.39, 0.29) is 23.4 Å². The summed E-state index contributed by atoms with van der Waals surface area (Å²) in [4.78, 5) is 27.9. The van der Waals surface area contributed by atoms with Crippen molar-refractivity contribution in [2.45, 2.75) is 34.6 Å². The summed E-state index contributed by atoms with van der Waals surface area (Å²) >= 11 is 0. The second-order valence-electron chi connectivity index (χ2n) is 8.65. The summed E-state index contributed by atoms with van der Waals surface area (Å²) in [5.41, 5.74) is 1.94. The van der Waals surface area contributed by atoms with Crippen LogP contribution in [0.1, 0.15) is 40.2 Å². The SMILES string of the molecule is CCOc1ccccc1NC1=C(c2ccc(OCC(C)C)cc2)C(=O)N(CC(C)C)C1=O. The lowest BCUT2D eigenvalue weighted by Crippen LogP contribution is -2.35. The molecule has 0 fully saturated rings. The molecule has 0 saturated carbocycles. The largest absolute Gasteiger partial charge is 0.493 e. The zero-order valence-electron chi connectivity index (χ0n) is 19.5. The molecule has 3 rings (SSSR count). The summed E-state index contributed by atoms with van der Waals surface area (Å²) in [5, 5.41) is 3.19. The zero-order chi connectivity index (χ0) is 23.3. The second kappa shape index (κ2) is 10.4. The van der Waals surface area contributed by atoms with E-state index in [9.17, 15) is 9.59 Å². The maximum absolute atomic E-state index is 13.3. The highest BCUT2D eigenvalue weighted by atomic mass is 16.5. The molecule has 2 amide bonds. The van der Waals surface area contributed by atoms with Gasteiger partial charge in [-0.15, -0.1) is 0 Å². The van der Waals surface area contributed by atoms with Crippen LogP contribution in [0.5, 0.6) is 11.5 Å². The lowest BCUT2D eigenvalue weighted by molar-refractivity contribution is -0.137. The van der Waals surface area contributed by atoms with E-state index in [1.807, 2.05) is 69.3 Å². The van der Waals surface area contributed by atoms with Crippen molar-refractivity contribution in [1.29, 1.82) is 0 Å². The highest BCUT2D eigenvalue weighted by Crippen LogP contribution is 2.34. The monoisotopic (exact) mass is 436 g/mol. The molecule has 1 N–H and O–H groups in total. The van der Waals surface area contributed by atoms with Crippen LogP contribution in [0.25, 0.3) is 5.57 Å². The first-order valence-electron chi connectivity index (χ1n) is 11.1. The van der Waals surface area contributed by atoms with Gasteiger partial charge >= 0.3 is 0 Å². The lowest BCUT2D eigenvalue weighted by Gasteiger charge is -2.18. The highest BCUT2D eigenvalue weighted by molar-refractivity contribution is 6.36. The molecular formula is C26H32N2O4. The molecule has 0 bridgehead atoms. The van der Waals surface area contributed by atoms with Crippen LogP contribution < -0.4 is 14.8 Å². The minimum Gasteiger partial charge on any atom is -0.493 e. The van der Waals surface area contributed by atoms with Crippen molar-refractivity contribution < 1.29 is 19.1 Å². The number of anilines is 1. The van der Waals surface area contributed by atoms with Crippen LogP contribution in [0.3, 0.4) is 0 Å². The number of para-hydroxylation sites is 2. The molecule has 0 saturated heterocycles. The third-order valence-corrected chi connectivity index (χ3v) is 4.89. The van der Waals surface area contributed by atoms with E-state index in [1.54, 1.807) is 0 Å². The average molecular weight is 437 g/mol. The van der Waals surface area contributed by atoms with Gasteiger partial charge in [0.15, 0.2) is 0 Å². The fourth-order valence-electron chi connectivity index (χ4n) is 3.46. The Bertz CT molecular complexity index is 993. The molecular weight excluding hydrogens is 404 g/mol. The Morgan fingerprint density at radius 3 is 2.19 bits per heavy atom. The van der Waals surface area contributed by atoms with Gasteiger partial charge in [-0.3, -0.25) is 14.5 Å². The van der Waals surface area contributed by atoms with Gasteiger partial charge in [0.05, 0.1) is 24.5 Å². The van der Waals surface area contributed by atoms with Crippen LogP contribution in [-0.4, -0.2) is 36.5 Å². The smallest absolute Gasteiger partial charge is 0.278 e. The third kappa shape index (κ3) is 5.31. The normalized spacial score (nSPS) is 14.0. The van der Waals surface area contributed by atoms with Crippen LogP contribution in [0.15, 0.2) is 54.2 Å². The number of ether oxygens (including phenoxy) is 2. The summed E-state index contributed by atoms with van der Waals surface area (Å²) in [6.45, 7) is 11.5.